The predicted molar refractivity (Wildman–Crippen MR) is 107 cm³/mol. The lowest BCUT2D eigenvalue weighted by atomic mass is 9.96. The molecule has 1 unspecified atom stereocenters. The second-order valence-electron chi connectivity index (χ2n) is 7.13. The molecule has 2 aliphatic heterocycles. The zero-order valence-corrected chi connectivity index (χ0v) is 16.2. The molecular formula is C20H21N5O5. The number of nitro groups is 1. The molecule has 0 aliphatic carbocycles. The van der Waals surface area contributed by atoms with Crippen LogP contribution in [0.15, 0.2) is 36.5 Å². The van der Waals surface area contributed by atoms with Gasteiger partial charge in [0.1, 0.15) is 5.92 Å². The van der Waals surface area contributed by atoms with E-state index in [-0.39, 0.29) is 17.5 Å². The standard InChI is InChI=1S/C20H21N5O5/c26-19(21-5-6-24-7-9-30-10-8-24)13-1-3-17(22-12-13)18-15-11-14(25(28)29)2-4-16(15)23-20(18)27/h1-4,11-12,18H,5-10H2,(H,21,26)(H,23,27). The van der Waals surface area contributed by atoms with Gasteiger partial charge < -0.3 is 15.4 Å². The molecule has 1 fully saturated rings. The van der Waals surface area contributed by atoms with Crippen LogP contribution in [0.1, 0.15) is 27.5 Å². The monoisotopic (exact) mass is 411 g/mol. The topological polar surface area (TPSA) is 127 Å². The summed E-state index contributed by atoms with van der Waals surface area (Å²) in [5.41, 5.74) is 1.76. The van der Waals surface area contributed by atoms with E-state index in [2.05, 4.69) is 20.5 Å². The number of fused-ring (bicyclic) bond motifs is 1. The molecule has 0 bridgehead atoms. The third-order valence-corrected chi connectivity index (χ3v) is 5.24. The average molecular weight is 411 g/mol. The summed E-state index contributed by atoms with van der Waals surface area (Å²) in [4.78, 5) is 41.8. The molecule has 10 nitrogen and oxygen atoms in total. The van der Waals surface area contributed by atoms with Gasteiger partial charge in [-0.25, -0.2) is 0 Å². The van der Waals surface area contributed by atoms with Crippen LogP contribution in [0.5, 0.6) is 0 Å². The quantitative estimate of drug-likeness (QED) is 0.539. The molecule has 10 heteroatoms. The van der Waals surface area contributed by atoms with Crippen LogP contribution >= 0.6 is 0 Å². The van der Waals surface area contributed by atoms with E-state index in [1.165, 1.54) is 24.4 Å². The summed E-state index contributed by atoms with van der Waals surface area (Å²) in [5.74, 6) is -1.30. The van der Waals surface area contributed by atoms with Crippen molar-refractivity contribution in [3.63, 3.8) is 0 Å². The van der Waals surface area contributed by atoms with Crippen LogP contribution in [-0.2, 0) is 9.53 Å². The average Bonchev–Trinajstić information content (AvgIpc) is 3.09. The number of benzene rings is 1. The number of nitrogens with zero attached hydrogens (tertiary/aromatic N) is 3. The Bertz CT molecular complexity index is 972. The number of non-ortho nitro benzene ring substituents is 1. The van der Waals surface area contributed by atoms with Gasteiger partial charge in [0.25, 0.3) is 11.6 Å². The molecule has 3 heterocycles. The van der Waals surface area contributed by atoms with Gasteiger partial charge in [0, 0.05) is 55.8 Å². The molecular weight excluding hydrogens is 390 g/mol. The Morgan fingerprint density at radius 2 is 2.10 bits per heavy atom. The number of pyridine rings is 1. The largest absolute Gasteiger partial charge is 0.379 e. The molecule has 30 heavy (non-hydrogen) atoms. The smallest absolute Gasteiger partial charge is 0.269 e. The Labute approximate surface area is 172 Å². The first kappa shape index (κ1) is 19.9. The number of carbonyl (C=O) groups is 2. The molecule has 4 rings (SSSR count). The van der Waals surface area contributed by atoms with E-state index in [9.17, 15) is 19.7 Å². The summed E-state index contributed by atoms with van der Waals surface area (Å²) in [7, 11) is 0. The number of ether oxygens (including phenoxy) is 1. The number of nitrogens with one attached hydrogen (secondary N) is 2. The number of anilines is 1. The predicted octanol–water partition coefficient (Wildman–Crippen LogP) is 1.14. The van der Waals surface area contributed by atoms with E-state index in [0.717, 1.165) is 19.6 Å². The lowest BCUT2D eigenvalue weighted by molar-refractivity contribution is -0.384. The van der Waals surface area contributed by atoms with E-state index >= 15 is 0 Å². The molecule has 0 radical (unpaired) electrons. The van der Waals surface area contributed by atoms with E-state index in [1.807, 2.05) is 0 Å². The Balaban J connectivity index is 1.42. The Morgan fingerprint density at radius 3 is 2.80 bits per heavy atom. The van der Waals surface area contributed by atoms with Gasteiger partial charge >= 0.3 is 0 Å². The van der Waals surface area contributed by atoms with E-state index in [4.69, 9.17) is 4.74 Å². The van der Waals surface area contributed by atoms with E-state index in [0.29, 0.717) is 42.3 Å². The van der Waals surface area contributed by atoms with Crippen molar-refractivity contribution >= 4 is 23.2 Å². The van der Waals surface area contributed by atoms with Gasteiger partial charge in [-0.2, -0.15) is 0 Å². The van der Waals surface area contributed by atoms with Gasteiger partial charge in [-0.05, 0) is 18.2 Å². The van der Waals surface area contributed by atoms with Gasteiger partial charge in [-0.15, -0.1) is 0 Å². The maximum atomic E-state index is 12.4. The van der Waals surface area contributed by atoms with Gasteiger partial charge in [-0.1, -0.05) is 0 Å². The summed E-state index contributed by atoms with van der Waals surface area (Å²) < 4.78 is 5.30. The molecule has 0 spiro atoms. The maximum Gasteiger partial charge on any atom is 0.269 e. The third-order valence-electron chi connectivity index (χ3n) is 5.24. The Kier molecular flexibility index (Phi) is 5.68. The Morgan fingerprint density at radius 1 is 1.30 bits per heavy atom. The molecule has 2 aromatic rings. The van der Waals surface area contributed by atoms with Gasteiger partial charge in [0.15, 0.2) is 0 Å². The highest BCUT2D eigenvalue weighted by molar-refractivity contribution is 6.05. The van der Waals surface area contributed by atoms with E-state index < -0.39 is 10.8 Å². The highest BCUT2D eigenvalue weighted by atomic mass is 16.6. The molecule has 1 aromatic heterocycles. The zero-order chi connectivity index (χ0) is 21.1. The van der Waals surface area contributed by atoms with Crippen LogP contribution in [0.4, 0.5) is 11.4 Å². The zero-order valence-electron chi connectivity index (χ0n) is 16.2. The first-order valence-corrected chi connectivity index (χ1v) is 9.66. The molecule has 1 saturated heterocycles. The van der Waals surface area contributed by atoms with Gasteiger partial charge in [-0.3, -0.25) is 29.6 Å². The molecule has 1 atom stereocenters. The number of carbonyl (C=O) groups excluding carboxylic acids is 2. The van der Waals surface area contributed by atoms with Crippen LogP contribution < -0.4 is 10.6 Å². The fourth-order valence-corrected chi connectivity index (χ4v) is 3.62. The first-order chi connectivity index (χ1) is 14.5. The normalized spacial score (nSPS) is 18.5. The summed E-state index contributed by atoms with van der Waals surface area (Å²) in [5, 5.41) is 16.6. The molecule has 1 aromatic carbocycles. The number of aromatic nitrogens is 1. The second-order valence-corrected chi connectivity index (χ2v) is 7.13. The summed E-state index contributed by atoms with van der Waals surface area (Å²) in [6, 6.07) is 7.46. The second kappa shape index (κ2) is 8.56. The highest BCUT2D eigenvalue weighted by Gasteiger charge is 2.34. The minimum Gasteiger partial charge on any atom is -0.379 e. The third kappa shape index (κ3) is 4.14. The maximum absolute atomic E-state index is 12.4. The molecule has 2 amide bonds. The van der Waals surface area contributed by atoms with Crippen molar-refractivity contribution in [2.75, 3.05) is 44.7 Å². The highest BCUT2D eigenvalue weighted by Crippen LogP contribution is 2.38. The molecule has 0 saturated carbocycles. The van der Waals surface area contributed by atoms with Crippen LogP contribution in [-0.4, -0.2) is 66.0 Å². The van der Waals surface area contributed by atoms with Crippen molar-refractivity contribution in [3.05, 3.63) is 63.5 Å². The molecule has 2 aliphatic rings. The number of hydrogen-bond acceptors (Lipinski definition) is 7. The van der Waals surface area contributed by atoms with Crippen molar-refractivity contribution in [1.82, 2.24) is 15.2 Å². The van der Waals surface area contributed by atoms with E-state index in [1.54, 1.807) is 12.1 Å². The number of nitro benzene ring substituents is 1. The van der Waals surface area contributed by atoms with Crippen LogP contribution in [0.3, 0.4) is 0 Å². The van der Waals surface area contributed by atoms with Gasteiger partial charge in [0.2, 0.25) is 5.91 Å². The number of hydrogen-bond donors (Lipinski definition) is 2. The SMILES string of the molecule is O=C(NCCN1CCOCC1)c1ccc(C2C(=O)Nc3ccc([N+](=O)[O-])cc32)nc1. The van der Waals surface area contributed by atoms with Crippen LogP contribution in [0.25, 0.3) is 0 Å². The van der Waals surface area contributed by atoms with Crippen LogP contribution in [0, 0.1) is 10.1 Å². The van der Waals surface area contributed by atoms with Gasteiger partial charge in [0.05, 0.1) is 29.4 Å². The fraction of sp³-hybridized carbons (Fsp3) is 0.350. The molecule has 2 N–H and O–H groups in total. The minimum absolute atomic E-state index is 0.0912. The first-order valence-electron chi connectivity index (χ1n) is 9.66. The van der Waals surface area contributed by atoms with Crippen molar-refractivity contribution < 1.29 is 19.2 Å². The van der Waals surface area contributed by atoms with Crippen molar-refractivity contribution in [2.24, 2.45) is 0 Å². The number of morpholine rings is 1. The number of rotatable bonds is 6. The Hall–Kier alpha value is -3.37. The summed E-state index contributed by atoms with van der Waals surface area (Å²) in [6.45, 7) is 4.40. The van der Waals surface area contributed by atoms with Crippen molar-refractivity contribution in [1.29, 1.82) is 0 Å². The fourth-order valence-electron chi connectivity index (χ4n) is 3.62. The lowest BCUT2D eigenvalue weighted by Gasteiger charge is -2.26. The lowest BCUT2D eigenvalue weighted by Crippen LogP contribution is -2.41. The van der Waals surface area contributed by atoms with Crippen LogP contribution in [0.2, 0.25) is 0 Å². The van der Waals surface area contributed by atoms with Crippen molar-refractivity contribution in [2.45, 2.75) is 5.92 Å². The summed E-state index contributed by atoms with van der Waals surface area (Å²) >= 11 is 0. The molecule has 156 valence electrons. The number of amides is 2. The van der Waals surface area contributed by atoms with Crippen molar-refractivity contribution in [3.8, 4) is 0 Å². The minimum atomic E-state index is -0.752. The summed E-state index contributed by atoms with van der Waals surface area (Å²) in [6.07, 6.45) is 1.42.